The van der Waals surface area contributed by atoms with Gasteiger partial charge < -0.3 is 30.8 Å². The number of phosphoric acid groups is 3. The second kappa shape index (κ2) is 6.76. The van der Waals surface area contributed by atoms with E-state index in [4.69, 9.17) is 26.1 Å². The van der Waals surface area contributed by atoms with Crippen LogP contribution in [0, 0.1) is 0 Å². The van der Waals surface area contributed by atoms with Crippen molar-refractivity contribution in [2.24, 2.45) is 11.5 Å². The zero-order chi connectivity index (χ0) is 18.9. The molecular weight excluding hydrogens is 399 g/mol. The summed E-state index contributed by atoms with van der Waals surface area (Å²) in [5.41, 5.74) is 8.84. The number of primary amides is 2. The van der Waals surface area contributed by atoms with Crippen LogP contribution in [0.25, 0.3) is 0 Å². The Morgan fingerprint density at radius 1 is 0.875 bits per heavy atom. The molecule has 0 aliphatic carbocycles. The summed E-state index contributed by atoms with van der Waals surface area (Å²) in [6, 6.07) is 0. The molecule has 2 atom stereocenters. The first-order valence-corrected chi connectivity index (χ1v) is 9.79. The monoisotopic (exact) mass is 409 g/mol. The van der Waals surface area contributed by atoms with Gasteiger partial charge in [-0.2, -0.15) is 13.4 Å². The zero-order valence-electron chi connectivity index (χ0n) is 11.2. The molecule has 0 spiro atoms. The van der Waals surface area contributed by atoms with Crippen molar-refractivity contribution in [2.45, 2.75) is 0 Å². The summed E-state index contributed by atoms with van der Waals surface area (Å²) < 4.78 is 44.5. The molecule has 8 N–H and O–H groups in total. The van der Waals surface area contributed by atoms with Crippen molar-refractivity contribution < 1.29 is 56.1 Å². The van der Waals surface area contributed by atoms with Crippen LogP contribution >= 0.6 is 23.5 Å². The third-order valence-corrected chi connectivity index (χ3v) is 5.67. The lowest BCUT2D eigenvalue weighted by atomic mass is 10.2. The summed E-state index contributed by atoms with van der Waals surface area (Å²) in [5, 5.41) is 0. The van der Waals surface area contributed by atoms with Crippen molar-refractivity contribution in [2.75, 3.05) is 0 Å². The Morgan fingerprint density at radius 3 is 1.62 bits per heavy atom. The number of rotatable bonds is 8. The molecule has 1 heterocycles. The first-order valence-electron chi connectivity index (χ1n) is 5.27. The van der Waals surface area contributed by atoms with Crippen molar-refractivity contribution in [3.8, 4) is 0 Å². The number of hydrogen-bond donors (Lipinski definition) is 6. The number of nitrogens with two attached hydrogens (primary N) is 2. The summed E-state index contributed by atoms with van der Waals surface area (Å²) in [6.07, 6.45) is 1.25. The highest BCUT2D eigenvalue weighted by molar-refractivity contribution is 7.66. The van der Waals surface area contributed by atoms with Crippen LogP contribution in [0.15, 0.2) is 12.4 Å². The molecule has 1 rings (SSSR count). The van der Waals surface area contributed by atoms with E-state index in [-0.39, 0.29) is 4.73 Å². The van der Waals surface area contributed by atoms with Crippen molar-refractivity contribution in [3.63, 3.8) is 0 Å². The molecule has 0 saturated heterocycles. The highest BCUT2D eigenvalue weighted by Gasteiger charge is 2.42. The van der Waals surface area contributed by atoms with Crippen LogP contribution < -0.4 is 16.1 Å². The fourth-order valence-electron chi connectivity index (χ4n) is 1.28. The van der Waals surface area contributed by atoms with Gasteiger partial charge in [0.1, 0.15) is 0 Å². The van der Waals surface area contributed by atoms with Gasteiger partial charge in [-0.3, -0.25) is 14.5 Å². The van der Waals surface area contributed by atoms with E-state index in [9.17, 15) is 28.2 Å². The number of nitrogens with zero attached hydrogens (tertiary/aromatic N) is 1. The van der Waals surface area contributed by atoms with Gasteiger partial charge in [0.25, 0.3) is 11.8 Å². The molecule has 0 aliphatic heterocycles. The van der Waals surface area contributed by atoms with E-state index in [1.54, 1.807) is 0 Å². The minimum Gasteiger partial charge on any atom is -0.366 e. The summed E-state index contributed by atoms with van der Waals surface area (Å²) in [4.78, 5) is 57.1. The first kappa shape index (κ1) is 20.5. The van der Waals surface area contributed by atoms with Crippen LogP contribution in [-0.4, -0.2) is 36.1 Å². The van der Waals surface area contributed by atoms with E-state index in [0.29, 0.717) is 12.4 Å². The summed E-state index contributed by atoms with van der Waals surface area (Å²) >= 11 is 0. The van der Waals surface area contributed by atoms with Crippen LogP contribution in [-0.2, 0) is 22.3 Å². The molecule has 1 aromatic heterocycles. The molecule has 24 heavy (non-hydrogen) atoms. The zero-order valence-corrected chi connectivity index (χ0v) is 13.8. The number of amides is 2. The Hall–Kier alpha value is -1.53. The number of hydrogen-bond acceptors (Lipinski definition) is 8. The lowest BCUT2D eigenvalue weighted by Gasteiger charge is -2.16. The topological polar surface area (TPSA) is 251 Å². The molecular formula is C6H10N3O12P3. The maximum atomic E-state index is 11.5. The average molecular weight is 409 g/mol. The van der Waals surface area contributed by atoms with E-state index in [1.165, 1.54) is 0 Å². The molecule has 0 bridgehead atoms. The molecule has 0 fully saturated rings. The lowest BCUT2D eigenvalue weighted by molar-refractivity contribution is 0.0968. The van der Waals surface area contributed by atoms with E-state index in [2.05, 4.69) is 13.2 Å². The van der Waals surface area contributed by atoms with Crippen molar-refractivity contribution in [3.05, 3.63) is 23.5 Å². The van der Waals surface area contributed by atoms with E-state index < -0.39 is 46.4 Å². The van der Waals surface area contributed by atoms with Crippen LogP contribution in [0.2, 0.25) is 0 Å². The molecule has 136 valence electrons. The van der Waals surface area contributed by atoms with Crippen molar-refractivity contribution in [1.82, 2.24) is 4.73 Å². The van der Waals surface area contributed by atoms with Gasteiger partial charge in [-0.25, -0.2) is 13.7 Å². The molecule has 2 amide bonds. The molecule has 2 unspecified atom stereocenters. The van der Waals surface area contributed by atoms with Crippen LogP contribution in [0.5, 0.6) is 0 Å². The molecule has 0 radical (unpaired) electrons. The quantitative estimate of drug-likeness (QED) is 0.267. The molecule has 0 aliphatic rings. The number of aromatic nitrogens is 1. The predicted molar refractivity (Wildman–Crippen MR) is 71.9 cm³/mol. The SMILES string of the molecule is NC(=O)c1cn(OP(=O)(O)OP(=O)(O)OP(=O)(O)O)cc1C(N)=O. The fraction of sp³-hybridized carbons (Fsp3) is 0. The van der Waals surface area contributed by atoms with Gasteiger partial charge in [-0.05, 0) is 0 Å². The minimum absolute atomic E-state index is 0.235. The van der Waals surface area contributed by atoms with Gasteiger partial charge in [0.2, 0.25) is 0 Å². The van der Waals surface area contributed by atoms with Gasteiger partial charge in [-0.1, -0.05) is 0 Å². The Bertz CT molecular complexity index is 777. The Labute approximate surface area is 132 Å². The maximum Gasteiger partial charge on any atom is 0.555 e. The normalized spacial score (nSPS) is 16.8. The third-order valence-electron chi connectivity index (χ3n) is 1.95. The summed E-state index contributed by atoms with van der Waals surface area (Å²) in [6.45, 7) is 0. The standard InChI is InChI=1S/C6H10N3O12P3/c7-5(10)3-1-9(2-4(3)6(8)11)19-23(15,16)21-24(17,18)20-22(12,13)14/h1-2H,(H2,7,10)(H2,8,11)(H,15,16)(H,17,18)(H2,12,13,14). The molecule has 1 aromatic rings. The van der Waals surface area contributed by atoms with E-state index >= 15 is 0 Å². The molecule has 15 nitrogen and oxygen atoms in total. The first-order chi connectivity index (χ1) is 10.6. The lowest BCUT2D eigenvalue weighted by Crippen LogP contribution is -2.18. The van der Waals surface area contributed by atoms with Gasteiger partial charge in [0.15, 0.2) is 0 Å². The van der Waals surface area contributed by atoms with E-state index in [0.717, 1.165) is 0 Å². The number of carbonyl (C=O) groups excluding carboxylic acids is 2. The second-order valence-corrected chi connectivity index (χ2v) is 8.17. The highest BCUT2D eigenvalue weighted by Crippen LogP contribution is 2.65. The molecule has 0 aromatic carbocycles. The molecule has 0 saturated carbocycles. The minimum atomic E-state index is -5.71. The third kappa shape index (κ3) is 6.17. The van der Waals surface area contributed by atoms with E-state index in [1.807, 2.05) is 0 Å². The predicted octanol–water partition coefficient (Wildman–Crippen LogP) is -1.56. The van der Waals surface area contributed by atoms with Crippen molar-refractivity contribution >= 4 is 35.3 Å². The van der Waals surface area contributed by atoms with Crippen molar-refractivity contribution in [1.29, 1.82) is 0 Å². The van der Waals surface area contributed by atoms with Crippen LogP contribution in [0.4, 0.5) is 0 Å². The van der Waals surface area contributed by atoms with Gasteiger partial charge >= 0.3 is 23.5 Å². The van der Waals surface area contributed by atoms with Gasteiger partial charge in [0.05, 0.1) is 23.5 Å². The molecule has 18 heteroatoms. The van der Waals surface area contributed by atoms with Crippen LogP contribution in [0.3, 0.4) is 0 Å². The fourth-order valence-corrected chi connectivity index (χ4v) is 4.24. The average Bonchev–Trinajstić information content (AvgIpc) is 2.66. The Balaban J connectivity index is 3.03. The summed E-state index contributed by atoms with van der Waals surface area (Å²) in [7, 11) is -16.8. The van der Waals surface area contributed by atoms with Crippen LogP contribution in [0.1, 0.15) is 20.7 Å². The van der Waals surface area contributed by atoms with Gasteiger partial charge in [-0.15, -0.1) is 0 Å². The largest absolute Gasteiger partial charge is 0.555 e. The second-order valence-electron chi connectivity index (χ2n) is 3.85. The summed E-state index contributed by atoms with van der Waals surface area (Å²) in [5.74, 6) is -2.31. The maximum absolute atomic E-state index is 11.5. The Kier molecular flexibility index (Phi) is 5.78. The smallest absolute Gasteiger partial charge is 0.366 e. The number of carbonyl (C=O) groups is 2. The Morgan fingerprint density at radius 2 is 1.29 bits per heavy atom. The van der Waals surface area contributed by atoms with Gasteiger partial charge in [0, 0.05) is 0 Å². The highest BCUT2D eigenvalue weighted by atomic mass is 31.3.